The Kier molecular flexibility index (Phi) is 5.37. The van der Waals surface area contributed by atoms with E-state index >= 15 is 0 Å². The van der Waals surface area contributed by atoms with Crippen LogP contribution in [0, 0.1) is 12.8 Å². The fourth-order valence-electron chi connectivity index (χ4n) is 3.62. The van der Waals surface area contributed by atoms with E-state index in [-0.39, 0.29) is 24.3 Å². The van der Waals surface area contributed by atoms with Gasteiger partial charge in [0.2, 0.25) is 11.8 Å². The van der Waals surface area contributed by atoms with Crippen LogP contribution in [0.4, 0.5) is 5.82 Å². The number of para-hydroxylation sites is 1. The van der Waals surface area contributed by atoms with Gasteiger partial charge in [0.05, 0.1) is 12.5 Å². The minimum Gasteiger partial charge on any atom is -0.459 e. The van der Waals surface area contributed by atoms with Crippen molar-refractivity contribution in [1.82, 2.24) is 9.88 Å². The maximum absolute atomic E-state index is 12.6. The van der Waals surface area contributed by atoms with Crippen LogP contribution in [0.5, 0.6) is 0 Å². The molecule has 1 aromatic carbocycles. The highest BCUT2D eigenvalue weighted by Gasteiger charge is 2.25. The van der Waals surface area contributed by atoms with E-state index in [1.165, 1.54) is 6.08 Å². The predicted octanol–water partition coefficient (Wildman–Crippen LogP) is 2.88. The van der Waals surface area contributed by atoms with Gasteiger partial charge >= 0.3 is 0 Å². The topological polar surface area (TPSA) is 101 Å². The quantitative estimate of drug-likeness (QED) is 0.637. The summed E-state index contributed by atoms with van der Waals surface area (Å²) in [6, 6.07) is 9.77. The minimum atomic E-state index is -0.252. The van der Waals surface area contributed by atoms with Crippen LogP contribution < -0.4 is 11.1 Å². The van der Waals surface area contributed by atoms with E-state index in [1.807, 2.05) is 37.3 Å². The maximum Gasteiger partial charge on any atom is 0.246 e. The Bertz CT molecular complexity index is 1150. The van der Waals surface area contributed by atoms with Gasteiger partial charge in [-0.15, -0.1) is 0 Å². The number of aryl methyl sites for hydroxylation is 1. The van der Waals surface area contributed by atoms with Gasteiger partial charge in [0.25, 0.3) is 0 Å². The van der Waals surface area contributed by atoms with Crippen LogP contribution in [-0.2, 0) is 22.6 Å². The number of carbonyl (C=O) groups is 2. The summed E-state index contributed by atoms with van der Waals surface area (Å²) in [6.07, 6.45) is 5.43. The van der Waals surface area contributed by atoms with Gasteiger partial charge in [-0.25, -0.2) is 4.98 Å². The van der Waals surface area contributed by atoms with E-state index in [4.69, 9.17) is 10.2 Å². The van der Waals surface area contributed by atoms with Crippen molar-refractivity contribution in [2.75, 3.05) is 18.9 Å². The number of likely N-dealkylation sites (N-methyl/N-ethyl adjacent to an activating group) is 1. The van der Waals surface area contributed by atoms with Crippen molar-refractivity contribution in [2.45, 2.75) is 19.9 Å². The molecule has 4 rings (SSSR count). The first-order valence-electron chi connectivity index (χ1n) is 9.86. The van der Waals surface area contributed by atoms with Gasteiger partial charge in [0.1, 0.15) is 17.2 Å². The average Bonchev–Trinajstić information content (AvgIpc) is 3.07. The lowest BCUT2D eigenvalue weighted by molar-refractivity contribution is -0.125. The average molecular weight is 404 g/mol. The van der Waals surface area contributed by atoms with Gasteiger partial charge in [0.15, 0.2) is 0 Å². The van der Waals surface area contributed by atoms with Gasteiger partial charge in [-0.1, -0.05) is 18.2 Å². The standard InChI is InChI=1S/C23H24N4O3/c1-14-18-5-3-4-6-19(18)30-20(14)13-27(2)21(28)8-7-15-9-16-10-17(11-24)23(29)26-22(16)25-12-15/h3-9,12,17H,10-11,13,24H2,1-2H3,(H,25,26,29)/b8-7+. The number of amides is 2. The van der Waals surface area contributed by atoms with Crippen LogP contribution in [0.25, 0.3) is 17.0 Å². The normalized spacial score (nSPS) is 16.0. The molecule has 1 unspecified atom stereocenters. The van der Waals surface area contributed by atoms with Crippen LogP contribution in [-0.4, -0.2) is 35.3 Å². The van der Waals surface area contributed by atoms with E-state index in [2.05, 4.69) is 10.3 Å². The zero-order valence-electron chi connectivity index (χ0n) is 17.0. The van der Waals surface area contributed by atoms with Crippen molar-refractivity contribution in [2.24, 2.45) is 11.7 Å². The first-order valence-corrected chi connectivity index (χ1v) is 9.86. The molecule has 3 heterocycles. The molecule has 30 heavy (non-hydrogen) atoms. The number of carbonyl (C=O) groups excluding carboxylic acids is 2. The number of fused-ring (bicyclic) bond motifs is 2. The largest absolute Gasteiger partial charge is 0.459 e. The molecule has 154 valence electrons. The zero-order chi connectivity index (χ0) is 21.3. The van der Waals surface area contributed by atoms with E-state index in [1.54, 1.807) is 24.2 Å². The SMILES string of the molecule is Cc1c(CN(C)C(=O)/C=C/c2cnc3c(c2)CC(CN)C(=O)N3)oc2ccccc12. The van der Waals surface area contributed by atoms with E-state index in [9.17, 15) is 9.59 Å². The molecule has 2 aromatic heterocycles. The Morgan fingerprint density at radius 3 is 2.97 bits per heavy atom. The van der Waals surface area contributed by atoms with Crippen LogP contribution in [0.3, 0.4) is 0 Å². The first-order chi connectivity index (χ1) is 14.5. The van der Waals surface area contributed by atoms with Crippen LogP contribution in [0.15, 0.2) is 47.0 Å². The Hall–Kier alpha value is -3.45. The number of anilines is 1. The highest BCUT2D eigenvalue weighted by Crippen LogP contribution is 2.26. The molecule has 1 aliphatic heterocycles. The molecule has 1 aliphatic rings. The number of hydrogen-bond acceptors (Lipinski definition) is 5. The monoisotopic (exact) mass is 404 g/mol. The summed E-state index contributed by atoms with van der Waals surface area (Å²) in [5.74, 6) is 0.850. The summed E-state index contributed by atoms with van der Waals surface area (Å²) >= 11 is 0. The molecule has 3 N–H and O–H groups in total. The molecule has 0 bridgehead atoms. The molecule has 7 nitrogen and oxygen atoms in total. The second-order valence-corrected chi connectivity index (χ2v) is 7.58. The third kappa shape index (κ3) is 3.84. The molecule has 7 heteroatoms. The lowest BCUT2D eigenvalue weighted by Gasteiger charge is -2.22. The van der Waals surface area contributed by atoms with Crippen molar-refractivity contribution in [3.8, 4) is 0 Å². The summed E-state index contributed by atoms with van der Waals surface area (Å²) in [7, 11) is 1.74. The molecule has 0 saturated heterocycles. The third-order valence-electron chi connectivity index (χ3n) is 5.47. The number of nitrogens with zero attached hydrogens (tertiary/aromatic N) is 2. The second-order valence-electron chi connectivity index (χ2n) is 7.58. The number of nitrogens with two attached hydrogens (primary N) is 1. The van der Waals surface area contributed by atoms with Crippen molar-refractivity contribution >= 4 is 34.7 Å². The highest BCUT2D eigenvalue weighted by atomic mass is 16.3. The Morgan fingerprint density at radius 1 is 1.40 bits per heavy atom. The molecule has 0 fully saturated rings. The van der Waals surface area contributed by atoms with Crippen molar-refractivity contribution in [3.05, 3.63) is 65.1 Å². The van der Waals surface area contributed by atoms with Gasteiger partial charge in [-0.2, -0.15) is 0 Å². The smallest absolute Gasteiger partial charge is 0.246 e. The highest BCUT2D eigenvalue weighted by molar-refractivity contribution is 5.95. The van der Waals surface area contributed by atoms with Gasteiger partial charge in [-0.05, 0) is 42.7 Å². The zero-order valence-corrected chi connectivity index (χ0v) is 17.0. The number of benzene rings is 1. The van der Waals surface area contributed by atoms with E-state index in [0.29, 0.717) is 18.8 Å². The molecule has 0 spiro atoms. The fourth-order valence-corrected chi connectivity index (χ4v) is 3.62. The maximum atomic E-state index is 12.6. The Morgan fingerprint density at radius 2 is 2.20 bits per heavy atom. The number of pyridine rings is 1. The van der Waals surface area contributed by atoms with Crippen LogP contribution in [0.1, 0.15) is 22.5 Å². The number of furan rings is 1. The third-order valence-corrected chi connectivity index (χ3v) is 5.47. The summed E-state index contributed by atoms with van der Waals surface area (Å²) in [4.78, 5) is 30.4. The predicted molar refractivity (Wildman–Crippen MR) is 116 cm³/mol. The molecular formula is C23H24N4O3. The Balaban J connectivity index is 1.45. The number of hydrogen-bond donors (Lipinski definition) is 2. The van der Waals surface area contributed by atoms with Crippen molar-refractivity contribution in [1.29, 1.82) is 0 Å². The summed E-state index contributed by atoms with van der Waals surface area (Å²) in [6.45, 7) is 2.67. The van der Waals surface area contributed by atoms with Crippen molar-refractivity contribution in [3.63, 3.8) is 0 Å². The molecular weight excluding hydrogens is 380 g/mol. The lowest BCUT2D eigenvalue weighted by Crippen LogP contribution is -2.35. The van der Waals surface area contributed by atoms with Crippen molar-refractivity contribution < 1.29 is 14.0 Å². The second kappa shape index (κ2) is 8.12. The van der Waals surface area contributed by atoms with E-state index in [0.717, 1.165) is 33.4 Å². The Labute approximate surface area is 174 Å². The number of nitrogens with one attached hydrogen (secondary N) is 1. The summed E-state index contributed by atoms with van der Waals surface area (Å²) in [5, 5.41) is 3.84. The molecule has 2 amide bonds. The summed E-state index contributed by atoms with van der Waals surface area (Å²) < 4.78 is 5.90. The summed E-state index contributed by atoms with van der Waals surface area (Å²) in [5.41, 5.74) is 9.25. The molecule has 0 aliphatic carbocycles. The van der Waals surface area contributed by atoms with Crippen LogP contribution in [0.2, 0.25) is 0 Å². The van der Waals surface area contributed by atoms with Gasteiger partial charge in [-0.3, -0.25) is 9.59 Å². The number of rotatable bonds is 5. The van der Waals surface area contributed by atoms with Gasteiger partial charge < -0.3 is 20.4 Å². The lowest BCUT2D eigenvalue weighted by atomic mass is 9.94. The number of aromatic nitrogens is 1. The molecule has 0 saturated carbocycles. The van der Waals surface area contributed by atoms with E-state index < -0.39 is 0 Å². The molecule has 1 atom stereocenters. The minimum absolute atomic E-state index is 0.0986. The molecule has 0 radical (unpaired) electrons. The van der Waals surface area contributed by atoms with Crippen LogP contribution >= 0.6 is 0 Å². The first kappa shape index (κ1) is 19.8. The molecule has 3 aromatic rings. The fraction of sp³-hybridized carbons (Fsp3) is 0.261. The van der Waals surface area contributed by atoms with Gasteiger partial charge in [0, 0.05) is 36.8 Å².